The zero-order valence-corrected chi connectivity index (χ0v) is 12.9. The quantitative estimate of drug-likeness (QED) is 0.863. The van der Waals surface area contributed by atoms with E-state index in [1.54, 1.807) is 7.11 Å². The molecule has 1 N–H and O–H groups in total. The number of nitrogens with zero attached hydrogens (tertiary/aromatic N) is 1. The highest BCUT2D eigenvalue weighted by Gasteiger charge is 2.35. The van der Waals surface area contributed by atoms with E-state index in [1.807, 2.05) is 19.2 Å². The van der Waals surface area contributed by atoms with Gasteiger partial charge in [0.2, 0.25) is 0 Å². The molecule has 1 aliphatic rings. The fourth-order valence-corrected chi connectivity index (χ4v) is 3.19. The van der Waals surface area contributed by atoms with Gasteiger partial charge in [-0.25, -0.2) is 0 Å². The van der Waals surface area contributed by atoms with Crippen LogP contribution in [0.1, 0.15) is 25.5 Å². The smallest absolute Gasteiger partial charge is 0.124 e. The highest BCUT2D eigenvalue weighted by atomic mass is 16.5. The number of hydrogen-bond donors (Lipinski definition) is 1. The van der Waals surface area contributed by atoms with Gasteiger partial charge in [0.05, 0.1) is 18.7 Å². The molecule has 0 saturated carbocycles. The fourth-order valence-electron chi connectivity index (χ4n) is 3.19. The summed E-state index contributed by atoms with van der Waals surface area (Å²) < 4.78 is 11.3. The first kappa shape index (κ1) is 15.3. The molecular formula is C16H26N2O2. The number of ether oxygens (including phenoxy) is 2. The summed E-state index contributed by atoms with van der Waals surface area (Å²) in [5.41, 5.74) is 1.24. The molecular weight excluding hydrogens is 252 g/mol. The maximum Gasteiger partial charge on any atom is 0.124 e. The molecule has 0 spiro atoms. The Labute approximate surface area is 122 Å². The van der Waals surface area contributed by atoms with Crippen LogP contribution in [0.3, 0.4) is 0 Å². The second-order valence-corrected chi connectivity index (χ2v) is 5.32. The summed E-state index contributed by atoms with van der Waals surface area (Å²) in [5.74, 6) is 0.999. The lowest BCUT2D eigenvalue weighted by Gasteiger charge is -2.42. The lowest BCUT2D eigenvalue weighted by molar-refractivity contribution is 0.0294. The summed E-state index contributed by atoms with van der Waals surface area (Å²) in [6, 6.07) is 9.28. The molecule has 20 heavy (non-hydrogen) atoms. The molecule has 112 valence electrons. The van der Waals surface area contributed by atoms with Gasteiger partial charge in [0.15, 0.2) is 0 Å². The molecule has 1 aromatic carbocycles. The molecule has 0 aromatic heterocycles. The monoisotopic (exact) mass is 278 g/mol. The second-order valence-electron chi connectivity index (χ2n) is 5.32. The molecule has 3 unspecified atom stereocenters. The van der Waals surface area contributed by atoms with E-state index in [2.05, 4.69) is 36.2 Å². The molecule has 0 bridgehead atoms. The van der Waals surface area contributed by atoms with E-state index in [1.165, 1.54) is 5.56 Å². The molecule has 0 amide bonds. The molecule has 0 fully saturated rings. The van der Waals surface area contributed by atoms with Crippen molar-refractivity contribution in [1.82, 2.24) is 10.2 Å². The molecule has 0 aliphatic carbocycles. The van der Waals surface area contributed by atoms with Gasteiger partial charge in [-0.15, -0.1) is 0 Å². The van der Waals surface area contributed by atoms with E-state index < -0.39 is 0 Å². The van der Waals surface area contributed by atoms with E-state index in [0.29, 0.717) is 24.7 Å². The minimum Gasteiger partial charge on any atom is -0.492 e. The van der Waals surface area contributed by atoms with Crippen molar-refractivity contribution >= 4 is 0 Å². The minimum absolute atomic E-state index is 0.291. The first-order valence-electron chi connectivity index (χ1n) is 7.36. The molecule has 0 saturated heterocycles. The number of rotatable bonds is 6. The topological polar surface area (TPSA) is 33.7 Å². The molecule has 3 atom stereocenters. The Morgan fingerprint density at radius 2 is 2.20 bits per heavy atom. The van der Waals surface area contributed by atoms with Crippen molar-refractivity contribution in [3.8, 4) is 5.75 Å². The number of nitrogens with one attached hydrogen (secondary N) is 1. The first-order valence-corrected chi connectivity index (χ1v) is 7.36. The number of para-hydroxylation sites is 1. The maximum atomic E-state index is 5.96. The zero-order valence-electron chi connectivity index (χ0n) is 12.9. The molecule has 1 heterocycles. The third-order valence-corrected chi connectivity index (χ3v) is 4.12. The number of fused-ring (bicyclic) bond motifs is 1. The average Bonchev–Trinajstić information content (AvgIpc) is 2.48. The van der Waals surface area contributed by atoms with Crippen molar-refractivity contribution < 1.29 is 9.47 Å². The summed E-state index contributed by atoms with van der Waals surface area (Å²) in [4.78, 5) is 2.46. The Balaban J connectivity index is 2.24. The van der Waals surface area contributed by atoms with Crippen molar-refractivity contribution in [3.05, 3.63) is 29.8 Å². The molecule has 1 aliphatic heterocycles. The zero-order chi connectivity index (χ0) is 14.5. The Kier molecular flexibility index (Phi) is 5.40. The molecule has 4 heteroatoms. The van der Waals surface area contributed by atoms with Gasteiger partial charge in [-0.2, -0.15) is 0 Å². The summed E-state index contributed by atoms with van der Waals surface area (Å²) in [7, 11) is 3.78. The number of hydrogen-bond acceptors (Lipinski definition) is 4. The van der Waals surface area contributed by atoms with Crippen molar-refractivity contribution in [2.24, 2.45) is 0 Å². The van der Waals surface area contributed by atoms with Gasteiger partial charge in [-0.1, -0.05) is 25.1 Å². The highest BCUT2D eigenvalue weighted by molar-refractivity contribution is 5.38. The lowest BCUT2D eigenvalue weighted by atomic mass is 9.94. The van der Waals surface area contributed by atoms with E-state index >= 15 is 0 Å². The number of methoxy groups -OCH3 is 1. The molecule has 4 nitrogen and oxygen atoms in total. The third kappa shape index (κ3) is 2.97. The van der Waals surface area contributed by atoms with E-state index in [4.69, 9.17) is 9.47 Å². The van der Waals surface area contributed by atoms with Crippen molar-refractivity contribution in [2.45, 2.75) is 32.0 Å². The second kappa shape index (κ2) is 7.07. The largest absolute Gasteiger partial charge is 0.492 e. The van der Waals surface area contributed by atoms with Crippen molar-refractivity contribution in [3.63, 3.8) is 0 Å². The van der Waals surface area contributed by atoms with Crippen molar-refractivity contribution in [2.75, 3.05) is 33.9 Å². The standard InChI is InChI=1S/C16H26N2O2/c1-5-18(12(2)10-19-4)14-11-20-15-9-7-6-8-13(15)16(14)17-3/h6-9,12,14,16-17H,5,10-11H2,1-4H3. The van der Waals surface area contributed by atoms with Crippen LogP contribution in [0.5, 0.6) is 5.75 Å². The number of benzene rings is 1. The number of likely N-dealkylation sites (N-methyl/N-ethyl adjacent to an activating group) is 2. The highest BCUT2D eigenvalue weighted by Crippen LogP contribution is 2.34. The van der Waals surface area contributed by atoms with E-state index in [-0.39, 0.29) is 0 Å². The minimum atomic E-state index is 0.291. The van der Waals surface area contributed by atoms with Gasteiger partial charge >= 0.3 is 0 Å². The van der Waals surface area contributed by atoms with Gasteiger partial charge in [-0.05, 0) is 26.6 Å². The van der Waals surface area contributed by atoms with E-state index in [9.17, 15) is 0 Å². The van der Waals surface area contributed by atoms with E-state index in [0.717, 1.165) is 18.9 Å². The van der Waals surface area contributed by atoms with Gasteiger partial charge < -0.3 is 14.8 Å². The SMILES string of the molecule is CCN(C(C)COC)C1COc2ccccc2C1NC. The van der Waals surface area contributed by atoms with Crippen LogP contribution in [-0.4, -0.2) is 50.9 Å². The summed E-state index contributed by atoms with van der Waals surface area (Å²) in [6.07, 6.45) is 0. The normalized spacial score (nSPS) is 23.2. The third-order valence-electron chi connectivity index (χ3n) is 4.12. The predicted octanol–water partition coefficient (Wildman–Crippen LogP) is 2.06. The fraction of sp³-hybridized carbons (Fsp3) is 0.625. The van der Waals surface area contributed by atoms with Crippen LogP contribution < -0.4 is 10.1 Å². The van der Waals surface area contributed by atoms with Crippen LogP contribution in [0.2, 0.25) is 0 Å². The summed E-state index contributed by atoms with van der Waals surface area (Å²) in [6.45, 7) is 6.84. The van der Waals surface area contributed by atoms with Crippen LogP contribution in [0.25, 0.3) is 0 Å². The van der Waals surface area contributed by atoms with Crippen LogP contribution >= 0.6 is 0 Å². The predicted molar refractivity (Wildman–Crippen MR) is 81.2 cm³/mol. The summed E-state index contributed by atoms with van der Waals surface area (Å²) in [5, 5.41) is 3.46. The van der Waals surface area contributed by atoms with Gasteiger partial charge in [0.1, 0.15) is 12.4 Å². The Bertz CT molecular complexity index is 425. The molecule has 0 radical (unpaired) electrons. The van der Waals surface area contributed by atoms with Gasteiger partial charge in [0, 0.05) is 18.7 Å². The summed E-state index contributed by atoms with van der Waals surface area (Å²) >= 11 is 0. The van der Waals surface area contributed by atoms with Crippen molar-refractivity contribution in [1.29, 1.82) is 0 Å². The van der Waals surface area contributed by atoms with Crippen LogP contribution in [-0.2, 0) is 4.74 Å². The first-order chi connectivity index (χ1) is 9.72. The lowest BCUT2D eigenvalue weighted by Crippen LogP contribution is -2.53. The average molecular weight is 278 g/mol. The molecule has 2 rings (SSSR count). The Morgan fingerprint density at radius 1 is 1.45 bits per heavy atom. The van der Waals surface area contributed by atoms with Crippen LogP contribution in [0, 0.1) is 0 Å². The maximum absolute atomic E-state index is 5.96. The Morgan fingerprint density at radius 3 is 2.85 bits per heavy atom. The molecule has 1 aromatic rings. The van der Waals surface area contributed by atoms with Crippen LogP contribution in [0.4, 0.5) is 0 Å². The Hall–Kier alpha value is -1.10. The van der Waals surface area contributed by atoms with Gasteiger partial charge in [0.25, 0.3) is 0 Å². The van der Waals surface area contributed by atoms with Gasteiger partial charge in [-0.3, -0.25) is 4.90 Å². The van der Waals surface area contributed by atoms with Crippen LogP contribution in [0.15, 0.2) is 24.3 Å².